The normalized spacial score (nSPS) is 14.8. The molecule has 0 bridgehead atoms. The van der Waals surface area contributed by atoms with Gasteiger partial charge in [0.05, 0.1) is 6.04 Å². The van der Waals surface area contributed by atoms with E-state index >= 15 is 0 Å². The van der Waals surface area contributed by atoms with Gasteiger partial charge in [0.1, 0.15) is 5.75 Å². The Bertz CT molecular complexity index is 627. The molecule has 2 aromatic carbocycles. The third-order valence-corrected chi connectivity index (χ3v) is 3.86. The molecule has 1 atom stereocenters. The average Bonchev–Trinajstić information content (AvgIpc) is 2.92. The first kappa shape index (κ1) is 13.6. The highest BCUT2D eigenvalue weighted by Gasteiger charge is 2.26. The number of aromatic hydroxyl groups is 1. The molecule has 1 amide bonds. The first-order chi connectivity index (χ1) is 10.1. The van der Waals surface area contributed by atoms with Gasteiger partial charge in [0.15, 0.2) is 0 Å². The van der Waals surface area contributed by atoms with E-state index in [1.54, 1.807) is 29.2 Å². The second-order valence-electron chi connectivity index (χ2n) is 5.44. The Hall–Kier alpha value is -2.33. The van der Waals surface area contributed by atoms with Crippen molar-refractivity contribution < 1.29 is 9.90 Å². The molecule has 1 aliphatic heterocycles. The number of phenolic OH excluding ortho intramolecular Hbond substituents is 1. The van der Waals surface area contributed by atoms with Crippen LogP contribution in [0.3, 0.4) is 0 Å². The largest absolute Gasteiger partial charge is 0.508 e. The summed E-state index contributed by atoms with van der Waals surface area (Å²) in [4.78, 5) is 14.2. The van der Waals surface area contributed by atoms with Crippen molar-refractivity contribution in [1.82, 2.24) is 4.90 Å². The Kier molecular flexibility index (Phi) is 3.62. The number of carbonyl (C=O) groups excluding carboxylic acids is 1. The van der Waals surface area contributed by atoms with Gasteiger partial charge in [-0.15, -0.1) is 0 Å². The van der Waals surface area contributed by atoms with Crippen molar-refractivity contribution in [2.45, 2.75) is 25.6 Å². The standard InChI is InChI=1S/C17H18N2O2/c18-16(9-12-5-7-15(20)8-6-12)17(21)19-10-13-3-1-2-4-14(13)11-19/h1-8,16,20H,9-11,18H2/t16-/m0/s1. The number of hydrogen-bond acceptors (Lipinski definition) is 3. The van der Waals surface area contributed by atoms with Gasteiger partial charge in [-0.2, -0.15) is 0 Å². The molecule has 0 aromatic heterocycles. The van der Waals surface area contributed by atoms with Crippen molar-refractivity contribution in [3.63, 3.8) is 0 Å². The van der Waals surface area contributed by atoms with Gasteiger partial charge < -0.3 is 15.7 Å². The van der Waals surface area contributed by atoms with E-state index in [1.165, 1.54) is 11.1 Å². The molecule has 108 valence electrons. The molecule has 0 fully saturated rings. The van der Waals surface area contributed by atoms with E-state index in [-0.39, 0.29) is 11.7 Å². The molecule has 4 nitrogen and oxygen atoms in total. The van der Waals surface area contributed by atoms with E-state index in [0.29, 0.717) is 19.5 Å². The minimum atomic E-state index is -0.552. The zero-order valence-electron chi connectivity index (χ0n) is 11.7. The summed E-state index contributed by atoms with van der Waals surface area (Å²) in [5.41, 5.74) is 9.39. The maximum absolute atomic E-state index is 12.4. The summed E-state index contributed by atoms with van der Waals surface area (Å²) in [7, 11) is 0. The lowest BCUT2D eigenvalue weighted by atomic mass is 10.1. The Labute approximate surface area is 123 Å². The number of benzene rings is 2. The van der Waals surface area contributed by atoms with Crippen LogP contribution in [-0.2, 0) is 24.3 Å². The van der Waals surface area contributed by atoms with Crippen LogP contribution in [0, 0.1) is 0 Å². The predicted molar refractivity (Wildman–Crippen MR) is 80.5 cm³/mol. The Balaban J connectivity index is 1.65. The van der Waals surface area contributed by atoms with Gasteiger partial charge >= 0.3 is 0 Å². The lowest BCUT2D eigenvalue weighted by Gasteiger charge is -2.20. The van der Waals surface area contributed by atoms with Crippen molar-refractivity contribution in [3.05, 3.63) is 65.2 Å². The van der Waals surface area contributed by atoms with Gasteiger partial charge in [-0.25, -0.2) is 0 Å². The highest BCUT2D eigenvalue weighted by atomic mass is 16.3. The highest BCUT2D eigenvalue weighted by molar-refractivity contribution is 5.82. The van der Waals surface area contributed by atoms with E-state index in [1.807, 2.05) is 24.3 Å². The lowest BCUT2D eigenvalue weighted by molar-refractivity contribution is -0.133. The van der Waals surface area contributed by atoms with Crippen molar-refractivity contribution >= 4 is 5.91 Å². The van der Waals surface area contributed by atoms with Gasteiger partial charge in [-0.05, 0) is 35.2 Å². The minimum Gasteiger partial charge on any atom is -0.508 e. The van der Waals surface area contributed by atoms with Crippen LogP contribution in [0.4, 0.5) is 0 Å². The van der Waals surface area contributed by atoms with Crippen LogP contribution >= 0.6 is 0 Å². The number of nitrogens with zero attached hydrogens (tertiary/aromatic N) is 1. The molecule has 4 heteroatoms. The average molecular weight is 282 g/mol. The molecule has 0 unspecified atom stereocenters. The molecule has 0 spiro atoms. The monoisotopic (exact) mass is 282 g/mol. The fourth-order valence-corrected chi connectivity index (χ4v) is 2.70. The number of hydrogen-bond donors (Lipinski definition) is 2. The zero-order chi connectivity index (χ0) is 14.8. The quantitative estimate of drug-likeness (QED) is 0.902. The third kappa shape index (κ3) is 2.90. The summed E-state index contributed by atoms with van der Waals surface area (Å²) in [6.07, 6.45) is 0.478. The van der Waals surface area contributed by atoms with Crippen molar-refractivity contribution in [3.8, 4) is 5.75 Å². The predicted octanol–water partition coefficient (Wildman–Crippen LogP) is 1.80. The molecular weight excluding hydrogens is 264 g/mol. The Morgan fingerprint density at radius 2 is 1.67 bits per heavy atom. The lowest BCUT2D eigenvalue weighted by Crippen LogP contribution is -2.42. The molecule has 3 rings (SSSR count). The minimum absolute atomic E-state index is 0.0284. The highest BCUT2D eigenvalue weighted by Crippen LogP contribution is 2.23. The van der Waals surface area contributed by atoms with Gasteiger partial charge in [0.2, 0.25) is 5.91 Å². The third-order valence-electron chi connectivity index (χ3n) is 3.86. The van der Waals surface area contributed by atoms with Gasteiger partial charge in [-0.3, -0.25) is 4.79 Å². The fraction of sp³-hybridized carbons (Fsp3) is 0.235. The summed E-state index contributed by atoms with van der Waals surface area (Å²) < 4.78 is 0. The summed E-state index contributed by atoms with van der Waals surface area (Å²) in [5, 5.41) is 9.27. The van der Waals surface area contributed by atoms with Crippen LogP contribution in [-0.4, -0.2) is 22.0 Å². The van der Waals surface area contributed by atoms with Crippen LogP contribution in [0.5, 0.6) is 5.75 Å². The topological polar surface area (TPSA) is 66.6 Å². The van der Waals surface area contributed by atoms with E-state index in [2.05, 4.69) is 0 Å². The smallest absolute Gasteiger partial charge is 0.240 e. The number of nitrogens with two attached hydrogens (primary N) is 1. The molecule has 2 aromatic rings. The van der Waals surface area contributed by atoms with E-state index in [9.17, 15) is 9.90 Å². The number of phenols is 1. The van der Waals surface area contributed by atoms with Crippen LogP contribution in [0.15, 0.2) is 48.5 Å². The maximum atomic E-state index is 12.4. The van der Waals surface area contributed by atoms with Crippen molar-refractivity contribution in [1.29, 1.82) is 0 Å². The SMILES string of the molecule is N[C@@H](Cc1ccc(O)cc1)C(=O)N1Cc2ccccc2C1. The van der Waals surface area contributed by atoms with E-state index in [0.717, 1.165) is 5.56 Å². The van der Waals surface area contributed by atoms with Crippen molar-refractivity contribution in [2.24, 2.45) is 5.73 Å². The molecule has 0 aliphatic carbocycles. The van der Waals surface area contributed by atoms with Crippen LogP contribution in [0.2, 0.25) is 0 Å². The molecule has 1 aliphatic rings. The molecule has 0 radical (unpaired) electrons. The zero-order valence-corrected chi connectivity index (χ0v) is 11.7. The molecule has 0 saturated heterocycles. The Morgan fingerprint density at radius 3 is 2.24 bits per heavy atom. The van der Waals surface area contributed by atoms with E-state index < -0.39 is 6.04 Å². The van der Waals surface area contributed by atoms with Gasteiger partial charge in [0.25, 0.3) is 0 Å². The number of amides is 1. The summed E-state index contributed by atoms with van der Waals surface area (Å²) >= 11 is 0. The maximum Gasteiger partial charge on any atom is 0.240 e. The first-order valence-electron chi connectivity index (χ1n) is 7.02. The van der Waals surface area contributed by atoms with Gasteiger partial charge in [-0.1, -0.05) is 36.4 Å². The second kappa shape index (κ2) is 5.58. The molecule has 0 saturated carbocycles. The summed E-state index contributed by atoms with van der Waals surface area (Å²) in [6.45, 7) is 1.27. The van der Waals surface area contributed by atoms with Crippen molar-refractivity contribution in [2.75, 3.05) is 0 Å². The molecule has 1 heterocycles. The molecule has 21 heavy (non-hydrogen) atoms. The molecule has 3 N–H and O–H groups in total. The first-order valence-corrected chi connectivity index (χ1v) is 7.02. The van der Waals surface area contributed by atoms with E-state index in [4.69, 9.17) is 5.73 Å². The fourth-order valence-electron chi connectivity index (χ4n) is 2.70. The molecular formula is C17H18N2O2. The number of carbonyl (C=O) groups is 1. The van der Waals surface area contributed by atoms with Crippen LogP contribution in [0.1, 0.15) is 16.7 Å². The Morgan fingerprint density at radius 1 is 1.10 bits per heavy atom. The summed E-state index contributed by atoms with van der Waals surface area (Å²) in [5.74, 6) is 0.188. The number of rotatable bonds is 3. The van der Waals surface area contributed by atoms with Gasteiger partial charge in [0, 0.05) is 13.1 Å². The number of fused-ring (bicyclic) bond motifs is 1. The van der Waals surface area contributed by atoms with Crippen LogP contribution < -0.4 is 5.73 Å². The van der Waals surface area contributed by atoms with Crippen LogP contribution in [0.25, 0.3) is 0 Å². The summed E-state index contributed by atoms with van der Waals surface area (Å²) in [6, 6.07) is 14.3. The second-order valence-corrected chi connectivity index (χ2v) is 5.44.